The first kappa shape index (κ1) is 19.8. The third kappa shape index (κ3) is 6.07. The molecule has 0 radical (unpaired) electrons. The summed E-state index contributed by atoms with van der Waals surface area (Å²) < 4.78 is 21.6. The molecule has 0 aliphatic heterocycles. The number of alkyl halides is 1. The molecule has 0 heterocycles. The third-order valence-electron chi connectivity index (χ3n) is 4.62. The first-order valence-electron chi connectivity index (χ1n) is 8.16. The van der Waals surface area contributed by atoms with Crippen molar-refractivity contribution < 1.29 is 13.6 Å². The Kier molecular flexibility index (Phi) is 6.54. The number of hydrogen-bond donors (Lipinski definition) is 0. The summed E-state index contributed by atoms with van der Waals surface area (Å²) in [6, 6.07) is 9.34. The smallest absolute Gasteiger partial charge is 0.209 e. The van der Waals surface area contributed by atoms with E-state index in [4.69, 9.17) is 4.43 Å². The van der Waals surface area contributed by atoms with Gasteiger partial charge in [0.1, 0.15) is 0 Å². The molecule has 130 valence electrons. The molecule has 1 atom stereocenters. The normalized spacial score (nSPS) is 16.2. The summed E-state index contributed by atoms with van der Waals surface area (Å²) in [5.74, 6) is 0. The molecule has 0 saturated heterocycles. The van der Waals surface area contributed by atoms with Crippen molar-refractivity contribution in [2.75, 3.05) is 6.61 Å². The Morgan fingerprint density at radius 1 is 1.22 bits per heavy atom. The lowest BCUT2D eigenvalue weighted by Crippen LogP contribution is -2.46. The lowest BCUT2D eigenvalue weighted by atomic mass is 10.1. The van der Waals surface area contributed by atoms with Gasteiger partial charge in [-0.3, -0.25) is 0 Å². The predicted molar refractivity (Wildman–Crippen MR) is 97.1 cm³/mol. The van der Waals surface area contributed by atoms with E-state index < -0.39 is 14.0 Å². The van der Waals surface area contributed by atoms with E-state index in [1.165, 1.54) is 0 Å². The number of halogens is 1. The summed E-state index contributed by atoms with van der Waals surface area (Å²) in [4.78, 5) is 0. The molecular formula is C18H30FNO2Si. The number of rotatable bonds is 7. The summed E-state index contributed by atoms with van der Waals surface area (Å²) >= 11 is 0. The molecular weight excluding hydrogens is 309 g/mol. The van der Waals surface area contributed by atoms with Gasteiger partial charge < -0.3 is 9.63 Å². The maximum absolute atomic E-state index is 15.0. The molecule has 0 aliphatic rings. The maximum atomic E-state index is 15.0. The van der Waals surface area contributed by atoms with Crippen LogP contribution in [-0.4, -0.2) is 31.5 Å². The molecule has 1 unspecified atom stereocenters. The Hall–Kier alpha value is -1.20. The zero-order valence-electron chi connectivity index (χ0n) is 15.2. The van der Waals surface area contributed by atoms with Crippen LogP contribution in [0, 0.1) is 5.21 Å². The van der Waals surface area contributed by atoms with Crippen LogP contribution < -0.4 is 0 Å². The summed E-state index contributed by atoms with van der Waals surface area (Å²) in [7, 11) is -2.04. The second-order valence-electron chi connectivity index (χ2n) is 7.63. The summed E-state index contributed by atoms with van der Waals surface area (Å²) in [6.07, 6.45) is 1.35. The van der Waals surface area contributed by atoms with Gasteiger partial charge in [-0.1, -0.05) is 58.0 Å². The summed E-state index contributed by atoms with van der Waals surface area (Å²) in [6.45, 7) is 12.3. The van der Waals surface area contributed by atoms with Gasteiger partial charge in [-0.2, -0.15) is 0 Å². The van der Waals surface area contributed by atoms with Crippen LogP contribution in [0.25, 0.3) is 0 Å². The molecule has 5 heteroatoms. The van der Waals surface area contributed by atoms with Gasteiger partial charge in [0.25, 0.3) is 0 Å². The highest BCUT2D eigenvalue weighted by Crippen LogP contribution is 2.37. The average molecular weight is 340 g/mol. The van der Waals surface area contributed by atoms with Crippen molar-refractivity contribution in [2.45, 2.75) is 64.5 Å². The molecule has 3 nitrogen and oxygen atoms in total. The van der Waals surface area contributed by atoms with Crippen molar-refractivity contribution in [1.82, 2.24) is 0 Å². The highest BCUT2D eigenvalue weighted by molar-refractivity contribution is 6.74. The molecule has 0 saturated carbocycles. The first-order valence-corrected chi connectivity index (χ1v) is 11.1. The molecule has 0 N–H and O–H groups in total. The van der Waals surface area contributed by atoms with Crippen LogP contribution in [0.4, 0.5) is 4.39 Å². The van der Waals surface area contributed by atoms with Gasteiger partial charge in [0.05, 0.1) is 6.61 Å². The number of benzene rings is 1. The Balaban J connectivity index is 2.78. The summed E-state index contributed by atoms with van der Waals surface area (Å²) in [5.41, 5.74) is -0.867. The molecule has 0 fully saturated rings. The maximum Gasteiger partial charge on any atom is 0.209 e. The summed E-state index contributed by atoms with van der Waals surface area (Å²) in [5, 5.41) is 12.1. The van der Waals surface area contributed by atoms with Crippen LogP contribution in [0.1, 0.15) is 39.7 Å². The largest absolute Gasteiger partial charge is 0.624 e. The van der Waals surface area contributed by atoms with E-state index in [9.17, 15) is 9.60 Å². The van der Waals surface area contributed by atoms with Crippen molar-refractivity contribution in [3.8, 4) is 0 Å². The van der Waals surface area contributed by atoms with Crippen LogP contribution in [-0.2, 0) is 11.0 Å². The average Bonchev–Trinajstić information content (AvgIpc) is 2.45. The third-order valence-corrected chi connectivity index (χ3v) is 9.10. The molecule has 0 amide bonds. The molecule has 0 aliphatic carbocycles. The Morgan fingerprint density at radius 2 is 1.78 bits per heavy atom. The second-order valence-corrected chi connectivity index (χ2v) is 12.4. The van der Waals surface area contributed by atoms with Crippen LogP contribution >= 0.6 is 0 Å². The van der Waals surface area contributed by atoms with Crippen molar-refractivity contribution >= 4 is 14.5 Å². The molecule has 1 aromatic rings. The number of hydroxylamine groups is 1. The quantitative estimate of drug-likeness (QED) is 0.233. The Labute approximate surface area is 140 Å². The van der Waals surface area contributed by atoms with E-state index in [2.05, 4.69) is 33.9 Å². The molecule has 0 bridgehead atoms. The van der Waals surface area contributed by atoms with Crippen molar-refractivity contribution in [3.05, 3.63) is 41.1 Å². The fourth-order valence-electron chi connectivity index (χ4n) is 1.81. The zero-order valence-corrected chi connectivity index (χ0v) is 16.2. The monoisotopic (exact) mass is 339 g/mol. The fraction of sp³-hybridized carbons (Fsp3) is 0.611. The van der Waals surface area contributed by atoms with Crippen LogP contribution in [0.5, 0.6) is 0 Å². The molecule has 0 aromatic heterocycles. The minimum atomic E-state index is -2.04. The van der Waals surface area contributed by atoms with E-state index in [1.54, 1.807) is 6.92 Å². The highest BCUT2D eigenvalue weighted by atomic mass is 28.4. The van der Waals surface area contributed by atoms with Crippen molar-refractivity contribution in [2.24, 2.45) is 0 Å². The van der Waals surface area contributed by atoms with Crippen LogP contribution in [0.2, 0.25) is 18.1 Å². The minimum Gasteiger partial charge on any atom is -0.624 e. The topological polar surface area (TPSA) is 35.3 Å². The van der Waals surface area contributed by atoms with Gasteiger partial charge in [0.15, 0.2) is 21.1 Å². The molecule has 23 heavy (non-hydrogen) atoms. The van der Waals surface area contributed by atoms with Gasteiger partial charge in [0.2, 0.25) is 5.67 Å². The Bertz CT molecular complexity index is 526. The Morgan fingerprint density at radius 3 is 2.26 bits per heavy atom. The number of nitrogens with zero attached hydrogens (tertiary/aromatic N) is 1. The lowest BCUT2D eigenvalue weighted by Gasteiger charge is -2.37. The van der Waals surface area contributed by atoms with Crippen LogP contribution in [0.3, 0.4) is 0 Å². The van der Waals surface area contributed by atoms with Gasteiger partial charge >= 0.3 is 0 Å². The molecule has 0 spiro atoms. The van der Waals surface area contributed by atoms with Crippen molar-refractivity contribution in [3.63, 3.8) is 0 Å². The zero-order chi connectivity index (χ0) is 17.7. The van der Waals surface area contributed by atoms with Crippen molar-refractivity contribution in [1.29, 1.82) is 0 Å². The van der Waals surface area contributed by atoms with E-state index in [-0.39, 0.29) is 24.6 Å². The molecule has 1 rings (SSSR count). The minimum absolute atomic E-state index is 0.0167. The van der Waals surface area contributed by atoms with E-state index in [0.29, 0.717) is 4.74 Å². The van der Waals surface area contributed by atoms with Gasteiger partial charge in [0, 0.05) is 5.56 Å². The standard InChI is InChI=1S/C18H30FNO2Si/c1-7-18(19,15-22-23(5,6)17(2,3)4)14-20(21)13-16-11-9-8-10-12-16/h8-12,14H,7,13,15H2,1-6H3/b20-14-. The first-order chi connectivity index (χ1) is 10.5. The fourth-order valence-corrected chi connectivity index (χ4v) is 2.85. The lowest BCUT2D eigenvalue weighted by molar-refractivity contribution is -0.473. The van der Waals surface area contributed by atoms with Gasteiger partial charge in [-0.05, 0) is 24.6 Å². The predicted octanol–water partition coefficient (Wildman–Crippen LogP) is 4.91. The van der Waals surface area contributed by atoms with E-state index in [0.717, 1.165) is 11.8 Å². The number of hydrogen-bond acceptors (Lipinski definition) is 2. The highest BCUT2D eigenvalue weighted by Gasteiger charge is 2.40. The molecule has 1 aromatic carbocycles. The second kappa shape index (κ2) is 7.58. The van der Waals surface area contributed by atoms with E-state index in [1.807, 2.05) is 30.3 Å². The van der Waals surface area contributed by atoms with E-state index >= 15 is 0 Å². The SMILES string of the molecule is CCC(F)(/C=[N+](\[O-])Cc1ccccc1)CO[Si](C)(C)C(C)(C)C. The van der Waals surface area contributed by atoms with Gasteiger partial charge in [-0.25, -0.2) is 9.13 Å². The van der Waals surface area contributed by atoms with Gasteiger partial charge in [-0.15, -0.1) is 0 Å². The van der Waals surface area contributed by atoms with Crippen LogP contribution in [0.15, 0.2) is 30.3 Å².